The molecule has 1 fully saturated rings. The summed E-state index contributed by atoms with van der Waals surface area (Å²) in [5, 5.41) is 0.740. The van der Waals surface area contributed by atoms with Gasteiger partial charge in [0.05, 0.1) is 18.8 Å². The van der Waals surface area contributed by atoms with Crippen molar-refractivity contribution in [3.8, 4) is 0 Å². The lowest BCUT2D eigenvalue weighted by atomic mass is 9.92. The van der Waals surface area contributed by atoms with Crippen molar-refractivity contribution in [1.29, 1.82) is 0 Å². The van der Waals surface area contributed by atoms with E-state index in [0.29, 0.717) is 6.54 Å². The standard InChI is InChI=1S/C22H21ClN4/c1-14-21-16(11-24-14)12-26-22(15-4-6-17(23)7-5-15)18-10-20(25-13-19(18)21)27-8-2-3-9-27/h4-7,10,13H,2-3,8-9,11-12H2,1H3. The minimum Gasteiger partial charge on any atom is -0.357 e. The second-order valence-electron chi connectivity index (χ2n) is 7.33. The number of hydrogen-bond donors (Lipinski definition) is 0. The number of aromatic nitrogens is 1. The molecule has 0 aliphatic carbocycles. The number of hydrogen-bond acceptors (Lipinski definition) is 4. The van der Waals surface area contributed by atoms with E-state index in [1.165, 1.54) is 24.0 Å². The van der Waals surface area contributed by atoms with Gasteiger partial charge < -0.3 is 4.90 Å². The zero-order valence-corrected chi connectivity index (χ0v) is 16.1. The van der Waals surface area contributed by atoms with Gasteiger partial charge in [-0.25, -0.2) is 4.98 Å². The lowest BCUT2D eigenvalue weighted by molar-refractivity contribution is 0.936. The normalized spacial score (nSPS) is 18.8. The van der Waals surface area contributed by atoms with Crippen molar-refractivity contribution >= 4 is 34.4 Å². The van der Waals surface area contributed by atoms with Gasteiger partial charge in [-0.15, -0.1) is 0 Å². The van der Waals surface area contributed by atoms with Gasteiger partial charge in [0.25, 0.3) is 0 Å². The van der Waals surface area contributed by atoms with Crippen molar-refractivity contribution < 1.29 is 0 Å². The van der Waals surface area contributed by atoms with E-state index in [1.54, 1.807) is 0 Å². The van der Waals surface area contributed by atoms with E-state index in [-0.39, 0.29) is 0 Å². The number of allylic oxidation sites excluding steroid dienone is 1. The van der Waals surface area contributed by atoms with Crippen LogP contribution in [0.3, 0.4) is 0 Å². The van der Waals surface area contributed by atoms with Crippen LogP contribution in [-0.4, -0.2) is 42.6 Å². The van der Waals surface area contributed by atoms with E-state index in [2.05, 4.69) is 35.0 Å². The molecule has 0 unspecified atom stereocenters. The monoisotopic (exact) mass is 376 g/mol. The van der Waals surface area contributed by atoms with Crippen molar-refractivity contribution in [2.75, 3.05) is 31.1 Å². The van der Waals surface area contributed by atoms with Gasteiger partial charge >= 0.3 is 0 Å². The van der Waals surface area contributed by atoms with E-state index < -0.39 is 0 Å². The zero-order chi connectivity index (χ0) is 18.4. The Kier molecular flexibility index (Phi) is 4.09. The predicted molar refractivity (Wildman–Crippen MR) is 113 cm³/mol. The highest BCUT2D eigenvalue weighted by Gasteiger charge is 2.27. The van der Waals surface area contributed by atoms with Crippen LogP contribution in [0.15, 0.2) is 52.1 Å². The van der Waals surface area contributed by atoms with Gasteiger partial charge in [-0.2, -0.15) is 0 Å². The molecule has 27 heavy (non-hydrogen) atoms. The second kappa shape index (κ2) is 6.61. The summed E-state index contributed by atoms with van der Waals surface area (Å²) in [5.41, 5.74) is 8.02. The van der Waals surface area contributed by atoms with E-state index in [9.17, 15) is 0 Å². The van der Waals surface area contributed by atoms with Crippen molar-refractivity contribution in [2.24, 2.45) is 9.98 Å². The SMILES string of the molecule is CC1=NCC2=C1c1cnc(N3CCCC3)cc1C(c1ccc(Cl)cc1)=NC2. The Hall–Kier alpha value is -2.46. The number of benzene rings is 1. The Bertz CT molecular complexity index is 995. The van der Waals surface area contributed by atoms with Gasteiger partial charge in [0.1, 0.15) is 5.82 Å². The fourth-order valence-corrected chi connectivity index (χ4v) is 4.34. The molecule has 4 heterocycles. The van der Waals surface area contributed by atoms with Crippen LogP contribution in [0.2, 0.25) is 5.02 Å². The fourth-order valence-electron chi connectivity index (χ4n) is 4.22. The molecule has 2 aromatic rings. The number of nitrogens with zero attached hydrogens (tertiary/aromatic N) is 4. The molecule has 1 aromatic carbocycles. The predicted octanol–water partition coefficient (Wildman–Crippen LogP) is 4.41. The molecule has 0 spiro atoms. The minimum atomic E-state index is 0.682. The molecule has 5 heteroatoms. The van der Waals surface area contributed by atoms with Crippen LogP contribution in [0.5, 0.6) is 0 Å². The van der Waals surface area contributed by atoms with E-state index in [4.69, 9.17) is 21.6 Å². The first-order valence-corrected chi connectivity index (χ1v) is 9.88. The number of fused-ring (bicyclic) bond motifs is 2. The molecule has 4 nitrogen and oxygen atoms in total. The third kappa shape index (κ3) is 2.88. The number of anilines is 1. The Morgan fingerprint density at radius 1 is 0.963 bits per heavy atom. The molecule has 0 saturated carbocycles. The number of rotatable bonds is 2. The average molecular weight is 377 g/mol. The maximum Gasteiger partial charge on any atom is 0.129 e. The Morgan fingerprint density at radius 2 is 1.70 bits per heavy atom. The highest BCUT2D eigenvalue weighted by molar-refractivity contribution is 6.31. The molecule has 0 radical (unpaired) electrons. The van der Waals surface area contributed by atoms with Crippen LogP contribution in [0.1, 0.15) is 36.5 Å². The van der Waals surface area contributed by atoms with E-state index in [1.807, 2.05) is 18.3 Å². The summed E-state index contributed by atoms with van der Waals surface area (Å²) in [6.07, 6.45) is 4.50. The van der Waals surface area contributed by atoms with Crippen molar-refractivity contribution in [3.63, 3.8) is 0 Å². The smallest absolute Gasteiger partial charge is 0.129 e. The van der Waals surface area contributed by atoms with Crippen molar-refractivity contribution in [2.45, 2.75) is 19.8 Å². The summed E-state index contributed by atoms with van der Waals surface area (Å²) >= 11 is 6.11. The summed E-state index contributed by atoms with van der Waals surface area (Å²) in [5.74, 6) is 1.05. The Balaban J connectivity index is 1.68. The average Bonchev–Trinajstić information content (AvgIpc) is 3.30. The van der Waals surface area contributed by atoms with Crippen LogP contribution in [0.4, 0.5) is 5.82 Å². The summed E-state index contributed by atoms with van der Waals surface area (Å²) in [6.45, 7) is 5.67. The number of halogens is 1. The summed E-state index contributed by atoms with van der Waals surface area (Å²) in [7, 11) is 0. The first kappa shape index (κ1) is 16.7. The maximum absolute atomic E-state index is 6.11. The molecule has 0 N–H and O–H groups in total. The Morgan fingerprint density at radius 3 is 2.48 bits per heavy atom. The maximum atomic E-state index is 6.11. The fraction of sp³-hybridized carbons (Fsp3) is 0.318. The van der Waals surface area contributed by atoms with Gasteiger partial charge in [0, 0.05) is 52.3 Å². The minimum absolute atomic E-state index is 0.682. The largest absolute Gasteiger partial charge is 0.357 e. The van der Waals surface area contributed by atoms with Crippen LogP contribution in [0, 0.1) is 0 Å². The zero-order valence-electron chi connectivity index (χ0n) is 15.4. The lowest BCUT2D eigenvalue weighted by Gasteiger charge is -2.20. The molecule has 5 rings (SSSR count). The van der Waals surface area contributed by atoms with Crippen LogP contribution in [-0.2, 0) is 0 Å². The molecule has 0 atom stereocenters. The highest BCUT2D eigenvalue weighted by Crippen LogP contribution is 2.34. The van der Waals surface area contributed by atoms with E-state index in [0.717, 1.165) is 58.6 Å². The third-order valence-corrected chi connectivity index (χ3v) is 5.86. The summed E-state index contributed by atoms with van der Waals surface area (Å²) in [6, 6.07) is 10.2. The number of aliphatic imine (C=N–C) groups is 2. The molecule has 1 saturated heterocycles. The lowest BCUT2D eigenvalue weighted by Crippen LogP contribution is -2.20. The first-order valence-electron chi connectivity index (χ1n) is 9.50. The number of pyridine rings is 1. The molecule has 1 aromatic heterocycles. The highest BCUT2D eigenvalue weighted by atomic mass is 35.5. The van der Waals surface area contributed by atoms with Crippen LogP contribution >= 0.6 is 11.6 Å². The molecule has 3 aliphatic rings. The van der Waals surface area contributed by atoms with Gasteiger partial charge in [0.15, 0.2) is 0 Å². The summed E-state index contributed by atoms with van der Waals surface area (Å²) < 4.78 is 0. The molecule has 136 valence electrons. The van der Waals surface area contributed by atoms with Crippen LogP contribution < -0.4 is 4.90 Å². The molecule has 0 bridgehead atoms. The van der Waals surface area contributed by atoms with Crippen molar-refractivity contribution in [3.05, 3.63) is 63.8 Å². The van der Waals surface area contributed by atoms with Gasteiger partial charge in [-0.05, 0) is 43.5 Å². The molecular formula is C22H21ClN4. The van der Waals surface area contributed by atoms with Crippen molar-refractivity contribution in [1.82, 2.24) is 4.98 Å². The topological polar surface area (TPSA) is 40.9 Å². The Labute approximate surface area is 164 Å². The molecular weight excluding hydrogens is 356 g/mol. The quantitative estimate of drug-likeness (QED) is 0.778. The van der Waals surface area contributed by atoms with Gasteiger partial charge in [0.2, 0.25) is 0 Å². The first-order chi connectivity index (χ1) is 13.2. The third-order valence-electron chi connectivity index (χ3n) is 5.61. The second-order valence-corrected chi connectivity index (χ2v) is 7.77. The molecule has 0 amide bonds. The molecule has 3 aliphatic heterocycles. The van der Waals surface area contributed by atoms with Crippen LogP contribution in [0.25, 0.3) is 5.57 Å². The van der Waals surface area contributed by atoms with Gasteiger partial charge in [-0.1, -0.05) is 23.7 Å². The van der Waals surface area contributed by atoms with Gasteiger partial charge in [-0.3, -0.25) is 9.98 Å². The summed E-state index contributed by atoms with van der Waals surface area (Å²) in [4.78, 5) is 16.8. The van der Waals surface area contributed by atoms with E-state index >= 15 is 0 Å².